The monoisotopic (exact) mass is 278 g/mol. The van der Waals surface area contributed by atoms with E-state index in [9.17, 15) is 4.79 Å². The summed E-state index contributed by atoms with van der Waals surface area (Å²) in [6.45, 7) is 0. The summed E-state index contributed by atoms with van der Waals surface area (Å²) in [5, 5.41) is 9.13. The van der Waals surface area contributed by atoms with E-state index in [1.54, 1.807) is 30.3 Å². The number of thioether (sulfide) groups is 1. The van der Waals surface area contributed by atoms with E-state index in [1.807, 2.05) is 18.2 Å². The van der Waals surface area contributed by atoms with E-state index >= 15 is 0 Å². The summed E-state index contributed by atoms with van der Waals surface area (Å²) in [5.74, 6) is -0.0733. The zero-order chi connectivity index (χ0) is 14.1. The molecule has 0 atom stereocenters. The number of carbonyl (C=O) groups excluding carboxylic acids is 1. The largest absolute Gasteiger partial charge is 0.397 e. The summed E-state index contributed by atoms with van der Waals surface area (Å²) >= 11 is 1.36. The lowest BCUT2D eigenvalue weighted by Crippen LogP contribution is -2.06. The minimum Gasteiger partial charge on any atom is -0.397 e. The smallest absolute Gasteiger partial charge is 0.202 e. The predicted octanol–water partition coefficient (Wildman–Crippen LogP) is 3.17. The van der Waals surface area contributed by atoms with Crippen molar-refractivity contribution >= 4 is 23.2 Å². The molecule has 4 heteroatoms. The van der Waals surface area contributed by atoms with Crippen molar-refractivity contribution in [1.82, 2.24) is 0 Å². The first-order chi connectivity index (χ1) is 9.72. The van der Waals surface area contributed by atoms with Crippen LogP contribution in [0.15, 0.2) is 58.3 Å². The average molecular weight is 278 g/mol. The predicted molar refractivity (Wildman–Crippen MR) is 78.9 cm³/mol. The third-order valence-corrected chi connectivity index (χ3v) is 4.32. The summed E-state index contributed by atoms with van der Waals surface area (Å²) in [5.41, 5.74) is 8.26. The van der Waals surface area contributed by atoms with E-state index < -0.39 is 0 Å². The standard InChI is InChI=1S/C16H10N2OS/c17-9-10-5-1-2-6-11(10)14(18)16-15(19)12-7-3-4-8-13(12)20-16/h1-8H,18H2/b16-14+. The highest BCUT2D eigenvalue weighted by Gasteiger charge is 2.28. The van der Waals surface area contributed by atoms with Crippen LogP contribution in [-0.2, 0) is 0 Å². The van der Waals surface area contributed by atoms with Crippen molar-refractivity contribution in [2.24, 2.45) is 5.73 Å². The summed E-state index contributed by atoms with van der Waals surface area (Å²) in [6.07, 6.45) is 0. The second-order valence-corrected chi connectivity index (χ2v) is 5.38. The average Bonchev–Trinajstić information content (AvgIpc) is 2.84. The van der Waals surface area contributed by atoms with Gasteiger partial charge in [0.1, 0.15) is 0 Å². The van der Waals surface area contributed by atoms with E-state index in [1.165, 1.54) is 11.8 Å². The number of ketones is 1. The summed E-state index contributed by atoms with van der Waals surface area (Å²) in [4.78, 5) is 13.8. The number of carbonyl (C=O) groups is 1. The molecule has 1 aliphatic rings. The van der Waals surface area contributed by atoms with Crippen molar-refractivity contribution in [3.05, 3.63) is 70.1 Å². The Balaban J connectivity index is 2.14. The Kier molecular flexibility index (Phi) is 3.05. The van der Waals surface area contributed by atoms with Gasteiger partial charge in [0.05, 0.1) is 22.2 Å². The van der Waals surface area contributed by atoms with Gasteiger partial charge in [0.25, 0.3) is 0 Å². The first-order valence-electron chi connectivity index (χ1n) is 6.03. The van der Waals surface area contributed by atoms with Gasteiger partial charge in [0.15, 0.2) is 0 Å². The number of fused-ring (bicyclic) bond motifs is 1. The van der Waals surface area contributed by atoms with Crippen molar-refractivity contribution < 1.29 is 4.79 Å². The molecular formula is C16H10N2OS. The maximum atomic E-state index is 12.4. The van der Waals surface area contributed by atoms with E-state index in [2.05, 4.69) is 6.07 Å². The summed E-state index contributed by atoms with van der Waals surface area (Å²) in [7, 11) is 0. The number of benzene rings is 2. The molecule has 0 aliphatic carbocycles. The normalized spacial score (nSPS) is 15.7. The zero-order valence-corrected chi connectivity index (χ0v) is 11.3. The highest BCUT2D eigenvalue weighted by molar-refractivity contribution is 8.05. The Morgan fingerprint density at radius 1 is 1.10 bits per heavy atom. The Morgan fingerprint density at radius 2 is 1.80 bits per heavy atom. The highest BCUT2D eigenvalue weighted by Crippen LogP contribution is 2.42. The Morgan fingerprint density at radius 3 is 2.55 bits per heavy atom. The van der Waals surface area contributed by atoms with Crippen LogP contribution in [0.3, 0.4) is 0 Å². The van der Waals surface area contributed by atoms with Crippen LogP contribution in [0.1, 0.15) is 21.5 Å². The number of hydrogen-bond donors (Lipinski definition) is 1. The quantitative estimate of drug-likeness (QED) is 0.814. The Labute approximate surface area is 120 Å². The molecule has 96 valence electrons. The van der Waals surface area contributed by atoms with Gasteiger partial charge in [0, 0.05) is 16.0 Å². The molecule has 0 bridgehead atoms. The second kappa shape index (κ2) is 4.87. The van der Waals surface area contributed by atoms with E-state index in [4.69, 9.17) is 11.0 Å². The van der Waals surface area contributed by atoms with Crippen LogP contribution in [0.25, 0.3) is 5.70 Å². The van der Waals surface area contributed by atoms with Crippen LogP contribution in [0, 0.1) is 11.3 Å². The lowest BCUT2D eigenvalue weighted by molar-refractivity contribution is 0.104. The zero-order valence-electron chi connectivity index (χ0n) is 10.5. The van der Waals surface area contributed by atoms with Crippen molar-refractivity contribution in [2.45, 2.75) is 4.90 Å². The summed E-state index contributed by atoms with van der Waals surface area (Å²) < 4.78 is 0. The molecule has 2 aromatic carbocycles. The molecule has 1 heterocycles. The number of nitrogens with zero attached hydrogens (tertiary/aromatic N) is 1. The first-order valence-corrected chi connectivity index (χ1v) is 6.85. The molecule has 0 spiro atoms. The molecule has 3 nitrogen and oxygen atoms in total. The van der Waals surface area contributed by atoms with Crippen LogP contribution >= 0.6 is 11.8 Å². The lowest BCUT2D eigenvalue weighted by atomic mass is 10.0. The van der Waals surface area contributed by atoms with Gasteiger partial charge in [-0.3, -0.25) is 4.79 Å². The lowest BCUT2D eigenvalue weighted by Gasteiger charge is -2.06. The Bertz CT molecular complexity index is 787. The highest BCUT2D eigenvalue weighted by atomic mass is 32.2. The van der Waals surface area contributed by atoms with Gasteiger partial charge in [-0.15, -0.1) is 0 Å². The van der Waals surface area contributed by atoms with Gasteiger partial charge in [-0.25, -0.2) is 0 Å². The Hall–Kier alpha value is -2.51. The van der Waals surface area contributed by atoms with Gasteiger partial charge in [-0.05, 0) is 18.2 Å². The van der Waals surface area contributed by atoms with Crippen molar-refractivity contribution in [3.63, 3.8) is 0 Å². The summed E-state index contributed by atoms with van der Waals surface area (Å²) in [6, 6.07) is 16.6. The number of nitriles is 1. The van der Waals surface area contributed by atoms with Gasteiger partial charge in [-0.1, -0.05) is 42.1 Å². The minimum absolute atomic E-state index is 0.0733. The molecule has 0 fully saturated rings. The molecule has 20 heavy (non-hydrogen) atoms. The molecule has 0 unspecified atom stereocenters. The number of rotatable bonds is 1. The van der Waals surface area contributed by atoms with Crippen LogP contribution in [0.4, 0.5) is 0 Å². The number of allylic oxidation sites excluding steroid dienone is 1. The second-order valence-electron chi connectivity index (χ2n) is 4.33. The molecule has 2 aromatic rings. The topological polar surface area (TPSA) is 66.9 Å². The fourth-order valence-corrected chi connectivity index (χ4v) is 3.20. The fourth-order valence-electron chi connectivity index (χ4n) is 2.14. The fraction of sp³-hybridized carbons (Fsp3) is 0. The molecule has 0 saturated carbocycles. The molecule has 0 aromatic heterocycles. The van der Waals surface area contributed by atoms with Crippen molar-refractivity contribution in [1.29, 1.82) is 5.26 Å². The van der Waals surface area contributed by atoms with Gasteiger partial charge >= 0.3 is 0 Å². The maximum Gasteiger partial charge on any atom is 0.202 e. The van der Waals surface area contributed by atoms with Crippen LogP contribution in [0.2, 0.25) is 0 Å². The number of nitrogens with two attached hydrogens (primary N) is 1. The van der Waals surface area contributed by atoms with Gasteiger partial charge in [0.2, 0.25) is 5.78 Å². The van der Waals surface area contributed by atoms with Crippen molar-refractivity contribution in [3.8, 4) is 6.07 Å². The third kappa shape index (κ3) is 1.89. The van der Waals surface area contributed by atoms with Crippen LogP contribution in [-0.4, -0.2) is 5.78 Å². The maximum absolute atomic E-state index is 12.4. The van der Waals surface area contributed by atoms with E-state index in [0.29, 0.717) is 27.3 Å². The number of Topliss-reactive ketones (excluding diaryl/α,β-unsaturated/α-hetero) is 1. The molecule has 1 aliphatic heterocycles. The van der Waals surface area contributed by atoms with Gasteiger partial charge < -0.3 is 5.73 Å². The third-order valence-electron chi connectivity index (χ3n) is 3.13. The van der Waals surface area contributed by atoms with E-state index in [-0.39, 0.29) is 5.78 Å². The molecular weight excluding hydrogens is 268 g/mol. The number of hydrogen-bond acceptors (Lipinski definition) is 4. The van der Waals surface area contributed by atoms with Crippen molar-refractivity contribution in [2.75, 3.05) is 0 Å². The van der Waals surface area contributed by atoms with E-state index in [0.717, 1.165) is 4.90 Å². The molecule has 3 rings (SSSR count). The molecule has 2 N–H and O–H groups in total. The van der Waals surface area contributed by atoms with Gasteiger partial charge in [-0.2, -0.15) is 5.26 Å². The molecule has 0 amide bonds. The SMILES string of the molecule is N#Cc1ccccc1/C(N)=C1\Sc2ccccc2C1=O. The van der Waals surface area contributed by atoms with Crippen LogP contribution in [0.5, 0.6) is 0 Å². The van der Waals surface area contributed by atoms with Crippen LogP contribution < -0.4 is 5.73 Å². The minimum atomic E-state index is -0.0733. The molecule has 0 saturated heterocycles. The molecule has 0 radical (unpaired) electrons. The first kappa shape index (κ1) is 12.5.